The maximum atomic E-state index is 12.1. The molecule has 2 aromatic rings. The van der Waals surface area contributed by atoms with Gasteiger partial charge in [-0.25, -0.2) is 0 Å². The van der Waals surface area contributed by atoms with Gasteiger partial charge in [-0.2, -0.15) is 5.10 Å². The van der Waals surface area contributed by atoms with Gasteiger partial charge in [-0.3, -0.25) is 9.89 Å². The van der Waals surface area contributed by atoms with Crippen molar-refractivity contribution in [3.05, 3.63) is 35.4 Å². The molecule has 2 heterocycles. The molecule has 0 aromatic carbocycles. The van der Waals surface area contributed by atoms with Crippen molar-refractivity contribution < 1.29 is 4.79 Å². The molecule has 0 aliphatic carbocycles. The molecule has 0 fully saturated rings. The largest absolute Gasteiger partial charge is 0.344 e. The van der Waals surface area contributed by atoms with Gasteiger partial charge >= 0.3 is 0 Å². The van der Waals surface area contributed by atoms with Crippen LogP contribution in [0.5, 0.6) is 0 Å². The molecule has 0 saturated heterocycles. The summed E-state index contributed by atoms with van der Waals surface area (Å²) in [6.45, 7) is 6.52. The summed E-state index contributed by atoms with van der Waals surface area (Å²) in [5.41, 5.74) is 3.09. The van der Waals surface area contributed by atoms with Gasteiger partial charge in [-0.1, -0.05) is 0 Å². The molecule has 0 atom stereocenters. The minimum Gasteiger partial charge on any atom is -0.344 e. The lowest BCUT2D eigenvalue weighted by atomic mass is 10.3. The van der Waals surface area contributed by atoms with Crippen LogP contribution < -0.4 is 5.32 Å². The highest BCUT2D eigenvalue weighted by Crippen LogP contribution is 2.17. The van der Waals surface area contributed by atoms with Crippen LogP contribution in [0.25, 0.3) is 0 Å². The van der Waals surface area contributed by atoms with E-state index in [0.717, 1.165) is 23.6 Å². The smallest absolute Gasteiger partial charge is 0.272 e. The van der Waals surface area contributed by atoms with Crippen molar-refractivity contribution in [1.29, 1.82) is 0 Å². The molecule has 0 bridgehead atoms. The monoisotopic (exact) mass is 232 g/mol. The number of hydrogen-bond acceptors (Lipinski definition) is 2. The quantitative estimate of drug-likeness (QED) is 0.851. The minimum absolute atomic E-state index is 0.107. The Morgan fingerprint density at radius 1 is 1.53 bits per heavy atom. The highest BCUT2D eigenvalue weighted by atomic mass is 16.2. The van der Waals surface area contributed by atoms with Crippen LogP contribution in [0.2, 0.25) is 0 Å². The fourth-order valence-electron chi connectivity index (χ4n) is 1.81. The minimum atomic E-state index is -0.107. The van der Waals surface area contributed by atoms with Crippen molar-refractivity contribution in [2.75, 3.05) is 5.32 Å². The van der Waals surface area contributed by atoms with Gasteiger partial charge in [0.25, 0.3) is 5.91 Å². The summed E-state index contributed by atoms with van der Waals surface area (Å²) in [4.78, 5) is 12.1. The van der Waals surface area contributed by atoms with E-state index in [0.29, 0.717) is 5.69 Å². The average molecular weight is 232 g/mol. The van der Waals surface area contributed by atoms with E-state index in [1.807, 2.05) is 43.7 Å². The second-order valence-corrected chi connectivity index (χ2v) is 3.94. The molecule has 0 radical (unpaired) electrons. The molecule has 1 amide bonds. The van der Waals surface area contributed by atoms with Crippen molar-refractivity contribution in [1.82, 2.24) is 14.8 Å². The van der Waals surface area contributed by atoms with Gasteiger partial charge in [0.05, 0.1) is 17.1 Å². The molecule has 17 heavy (non-hydrogen) atoms. The summed E-state index contributed by atoms with van der Waals surface area (Å²) in [5, 5.41) is 9.77. The SMILES string of the molecule is CCn1cccc1C(=O)Nc1c(C)n[nH]c1C. The van der Waals surface area contributed by atoms with Crippen LogP contribution in [0.4, 0.5) is 5.69 Å². The standard InChI is InChI=1S/C12H16N4O/c1-4-16-7-5-6-10(16)12(17)13-11-8(2)14-15-9(11)3/h5-7H,4H2,1-3H3,(H,13,17)(H,14,15). The summed E-state index contributed by atoms with van der Waals surface area (Å²) in [5.74, 6) is -0.107. The van der Waals surface area contributed by atoms with Gasteiger partial charge < -0.3 is 9.88 Å². The average Bonchev–Trinajstić information content (AvgIpc) is 2.90. The fraction of sp³-hybridized carbons (Fsp3) is 0.333. The van der Waals surface area contributed by atoms with Gasteiger partial charge in [0, 0.05) is 12.7 Å². The fourth-order valence-corrected chi connectivity index (χ4v) is 1.81. The van der Waals surface area contributed by atoms with Gasteiger partial charge in [-0.05, 0) is 32.9 Å². The number of aromatic nitrogens is 3. The van der Waals surface area contributed by atoms with Crippen LogP contribution in [-0.4, -0.2) is 20.7 Å². The summed E-state index contributed by atoms with van der Waals surface area (Å²) >= 11 is 0. The Morgan fingerprint density at radius 3 is 2.88 bits per heavy atom. The number of carbonyl (C=O) groups is 1. The van der Waals surface area contributed by atoms with Crippen molar-refractivity contribution in [2.24, 2.45) is 0 Å². The number of aromatic amines is 1. The third kappa shape index (κ3) is 2.08. The first-order valence-corrected chi connectivity index (χ1v) is 5.61. The van der Waals surface area contributed by atoms with Gasteiger partial charge in [0.1, 0.15) is 5.69 Å². The zero-order valence-corrected chi connectivity index (χ0v) is 10.2. The molecule has 2 N–H and O–H groups in total. The van der Waals surface area contributed by atoms with E-state index in [-0.39, 0.29) is 5.91 Å². The Balaban J connectivity index is 2.23. The van der Waals surface area contributed by atoms with Crippen LogP contribution in [0.15, 0.2) is 18.3 Å². The summed E-state index contributed by atoms with van der Waals surface area (Å²) < 4.78 is 1.90. The molecule has 0 unspecified atom stereocenters. The van der Waals surface area contributed by atoms with Crippen molar-refractivity contribution in [3.63, 3.8) is 0 Å². The van der Waals surface area contributed by atoms with E-state index in [4.69, 9.17) is 0 Å². The molecule has 2 aromatic heterocycles. The molecule has 90 valence electrons. The maximum absolute atomic E-state index is 12.1. The second-order valence-electron chi connectivity index (χ2n) is 3.94. The summed E-state index contributed by atoms with van der Waals surface area (Å²) in [6, 6.07) is 3.68. The first-order valence-electron chi connectivity index (χ1n) is 5.61. The molecule has 0 aliphatic heterocycles. The van der Waals surface area contributed by atoms with Gasteiger partial charge in [-0.15, -0.1) is 0 Å². The van der Waals surface area contributed by atoms with Crippen LogP contribution >= 0.6 is 0 Å². The normalized spacial score (nSPS) is 10.5. The van der Waals surface area contributed by atoms with E-state index in [9.17, 15) is 4.79 Å². The zero-order valence-electron chi connectivity index (χ0n) is 10.2. The molecule has 5 heteroatoms. The Hall–Kier alpha value is -2.04. The van der Waals surface area contributed by atoms with Crippen molar-refractivity contribution in [3.8, 4) is 0 Å². The van der Waals surface area contributed by atoms with E-state index < -0.39 is 0 Å². The predicted octanol–water partition coefficient (Wildman–Crippen LogP) is 2.10. The molecule has 5 nitrogen and oxygen atoms in total. The Labute approximate surface area is 99.8 Å². The zero-order chi connectivity index (χ0) is 12.4. The summed E-state index contributed by atoms with van der Waals surface area (Å²) in [6.07, 6.45) is 1.89. The maximum Gasteiger partial charge on any atom is 0.272 e. The number of carbonyl (C=O) groups excluding carboxylic acids is 1. The van der Waals surface area contributed by atoms with Crippen LogP contribution in [0.1, 0.15) is 28.8 Å². The topological polar surface area (TPSA) is 62.7 Å². The third-order valence-corrected chi connectivity index (χ3v) is 2.77. The highest BCUT2D eigenvalue weighted by Gasteiger charge is 2.14. The number of aryl methyl sites for hydroxylation is 3. The molecular formula is C12H16N4O. The molecule has 0 aliphatic rings. The summed E-state index contributed by atoms with van der Waals surface area (Å²) in [7, 11) is 0. The Bertz CT molecular complexity index is 519. The number of hydrogen-bond donors (Lipinski definition) is 2. The van der Waals surface area contributed by atoms with Gasteiger partial charge in [0.15, 0.2) is 0 Å². The van der Waals surface area contributed by atoms with Crippen LogP contribution in [0.3, 0.4) is 0 Å². The van der Waals surface area contributed by atoms with Crippen LogP contribution in [0, 0.1) is 13.8 Å². The number of amides is 1. The lowest BCUT2D eigenvalue weighted by Crippen LogP contribution is -2.17. The Kier molecular flexibility index (Phi) is 2.99. The van der Waals surface area contributed by atoms with E-state index in [1.54, 1.807) is 0 Å². The first-order chi connectivity index (χ1) is 8.13. The van der Waals surface area contributed by atoms with E-state index in [2.05, 4.69) is 15.5 Å². The highest BCUT2D eigenvalue weighted by molar-refractivity contribution is 6.03. The molecule has 0 spiro atoms. The second kappa shape index (κ2) is 4.45. The van der Waals surface area contributed by atoms with Crippen molar-refractivity contribution >= 4 is 11.6 Å². The van der Waals surface area contributed by atoms with Gasteiger partial charge in [0.2, 0.25) is 0 Å². The molecule has 0 saturated carbocycles. The Morgan fingerprint density at radius 2 is 2.29 bits per heavy atom. The lowest BCUT2D eigenvalue weighted by molar-refractivity contribution is 0.101. The number of nitrogens with one attached hydrogen (secondary N) is 2. The van der Waals surface area contributed by atoms with Crippen LogP contribution in [-0.2, 0) is 6.54 Å². The molecule has 2 rings (SSSR count). The van der Waals surface area contributed by atoms with Crippen molar-refractivity contribution in [2.45, 2.75) is 27.3 Å². The van der Waals surface area contributed by atoms with E-state index in [1.165, 1.54) is 0 Å². The lowest BCUT2D eigenvalue weighted by Gasteiger charge is -2.07. The number of anilines is 1. The third-order valence-electron chi connectivity index (χ3n) is 2.77. The molecular weight excluding hydrogens is 216 g/mol. The number of nitrogens with zero attached hydrogens (tertiary/aromatic N) is 2. The number of H-pyrrole nitrogens is 1. The number of rotatable bonds is 3. The first kappa shape index (κ1) is 11.4. The van der Waals surface area contributed by atoms with E-state index >= 15 is 0 Å². The predicted molar refractivity (Wildman–Crippen MR) is 66.1 cm³/mol.